The molecule has 0 amide bonds. The van der Waals surface area contributed by atoms with Crippen molar-refractivity contribution in [3.05, 3.63) is 28.2 Å². The molecule has 0 radical (unpaired) electrons. The molecule has 15 heavy (non-hydrogen) atoms. The summed E-state index contributed by atoms with van der Waals surface area (Å²) in [5.74, 6) is -1.79. The third kappa shape index (κ3) is 4.25. The molecule has 1 heterocycles. The molecule has 82 valence electrons. The average Bonchev–Trinajstić information content (AvgIpc) is 2.53. The summed E-state index contributed by atoms with van der Waals surface area (Å²) in [5, 5.41) is 1.81. The maximum absolute atomic E-state index is 13.3. The Morgan fingerprint density at radius 1 is 1.53 bits per heavy atom. The second-order valence-corrected chi connectivity index (χ2v) is 4.99. The molecule has 0 aliphatic carbocycles. The minimum atomic E-state index is -0.920. The molecule has 0 spiro atoms. The second kappa shape index (κ2) is 4.57. The molecule has 0 aromatic carbocycles. The van der Waals surface area contributed by atoms with Gasteiger partial charge in [-0.3, -0.25) is 0 Å². The van der Waals surface area contributed by atoms with Gasteiger partial charge in [-0.2, -0.15) is 4.39 Å². The van der Waals surface area contributed by atoms with E-state index in [9.17, 15) is 9.18 Å². The maximum Gasteiger partial charge on any atom is 0.367 e. The highest BCUT2D eigenvalue weighted by Crippen LogP contribution is 2.17. The lowest BCUT2D eigenvalue weighted by molar-refractivity contribution is -0.151. The number of halogens is 1. The van der Waals surface area contributed by atoms with Gasteiger partial charge in [0.05, 0.1) is 0 Å². The predicted octanol–water partition coefficient (Wildman–Crippen LogP) is 3.40. The molecule has 0 bridgehead atoms. The van der Waals surface area contributed by atoms with E-state index < -0.39 is 17.4 Å². The lowest BCUT2D eigenvalue weighted by atomic mass is 10.2. The fraction of sp³-hybridized carbons (Fsp3) is 0.364. The highest BCUT2D eigenvalue weighted by atomic mass is 32.1. The Morgan fingerprint density at radius 3 is 2.67 bits per heavy atom. The number of carbonyl (C=O) groups is 1. The molecule has 0 saturated carbocycles. The Morgan fingerprint density at radius 2 is 2.20 bits per heavy atom. The fourth-order valence-electron chi connectivity index (χ4n) is 0.884. The van der Waals surface area contributed by atoms with Crippen LogP contribution in [0, 0.1) is 0 Å². The molecule has 0 aliphatic heterocycles. The van der Waals surface area contributed by atoms with E-state index in [1.165, 1.54) is 17.4 Å². The van der Waals surface area contributed by atoms with Crippen LogP contribution < -0.4 is 0 Å². The fourth-order valence-corrected chi connectivity index (χ4v) is 1.53. The molecule has 0 saturated heterocycles. The molecule has 1 aromatic heterocycles. The van der Waals surface area contributed by atoms with Crippen LogP contribution >= 0.6 is 11.3 Å². The number of carbonyl (C=O) groups excluding carboxylic acids is 1. The minimum absolute atomic E-state index is 0.669. The van der Waals surface area contributed by atoms with Crippen molar-refractivity contribution in [2.75, 3.05) is 0 Å². The van der Waals surface area contributed by atoms with E-state index in [1.807, 2.05) is 5.38 Å². The van der Waals surface area contributed by atoms with Crippen molar-refractivity contribution in [3.63, 3.8) is 0 Å². The molecule has 4 heteroatoms. The lowest BCUT2D eigenvalue weighted by Gasteiger charge is -2.18. The van der Waals surface area contributed by atoms with Gasteiger partial charge in [0.1, 0.15) is 5.60 Å². The van der Waals surface area contributed by atoms with E-state index in [4.69, 9.17) is 4.74 Å². The third-order valence-electron chi connectivity index (χ3n) is 1.41. The number of thiophene rings is 1. The highest BCUT2D eigenvalue weighted by molar-refractivity contribution is 7.10. The van der Waals surface area contributed by atoms with Gasteiger partial charge in [0.2, 0.25) is 5.83 Å². The van der Waals surface area contributed by atoms with Gasteiger partial charge in [0.15, 0.2) is 0 Å². The maximum atomic E-state index is 13.3. The van der Waals surface area contributed by atoms with Crippen molar-refractivity contribution < 1.29 is 13.9 Å². The molecule has 0 fully saturated rings. The first-order chi connectivity index (χ1) is 6.88. The van der Waals surface area contributed by atoms with Crippen LogP contribution in [0.3, 0.4) is 0 Å². The van der Waals surface area contributed by atoms with Crippen molar-refractivity contribution in [2.24, 2.45) is 0 Å². The standard InChI is InChI=1S/C11H13FO2S/c1-11(2,3)14-10(13)9(12)7-8-5-4-6-15-8/h4-7H,1-3H3/b9-7-. The quantitative estimate of drug-likeness (QED) is 0.573. The summed E-state index contributed by atoms with van der Waals surface area (Å²) in [7, 11) is 0. The molecule has 0 N–H and O–H groups in total. The summed E-state index contributed by atoms with van der Waals surface area (Å²) < 4.78 is 18.2. The first kappa shape index (κ1) is 11.9. The van der Waals surface area contributed by atoms with Crippen molar-refractivity contribution in [3.8, 4) is 0 Å². The zero-order chi connectivity index (χ0) is 11.5. The van der Waals surface area contributed by atoms with Crippen molar-refractivity contribution in [1.29, 1.82) is 0 Å². The molecule has 2 nitrogen and oxygen atoms in total. The van der Waals surface area contributed by atoms with Gasteiger partial charge < -0.3 is 4.74 Å². The third-order valence-corrected chi connectivity index (χ3v) is 2.23. The van der Waals surface area contributed by atoms with Crippen molar-refractivity contribution in [2.45, 2.75) is 26.4 Å². The summed E-state index contributed by atoms with van der Waals surface area (Å²) in [6, 6.07) is 3.52. The van der Waals surface area contributed by atoms with Crippen LogP contribution in [-0.4, -0.2) is 11.6 Å². The number of rotatable bonds is 2. The van der Waals surface area contributed by atoms with E-state index in [1.54, 1.807) is 32.9 Å². The average molecular weight is 228 g/mol. The van der Waals surface area contributed by atoms with Crippen LogP contribution in [0.25, 0.3) is 6.08 Å². The van der Waals surface area contributed by atoms with Gasteiger partial charge in [-0.15, -0.1) is 11.3 Å². The van der Waals surface area contributed by atoms with Crippen molar-refractivity contribution in [1.82, 2.24) is 0 Å². The lowest BCUT2D eigenvalue weighted by Crippen LogP contribution is -2.23. The molecule has 0 unspecified atom stereocenters. The predicted molar refractivity (Wildman–Crippen MR) is 59.2 cm³/mol. The van der Waals surface area contributed by atoms with Gasteiger partial charge in [0, 0.05) is 4.88 Å². The van der Waals surface area contributed by atoms with E-state index in [0.29, 0.717) is 4.88 Å². The van der Waals surface area contributed by atoms with Crippen LogP contribution in [0.2, 0.25) is 0 Å². The van der Waals surface area contributed by atoms with Gasteiger partial charge in [-0.1, -0.05) is 6.07 Å². The summed E-state index contributed by atoms with van der Waals surface area (Å²) >= 11 is 1.36. The van der Waals surface area contributed by atoms with Crippen LogP contribution in [0.5, 0.6) is 0 Å². The number of esters is 1. The zero-order valence-electron chi connectivity index (χ0n) is 8.91. The Bertz CT molecular complexity index is 360. The van der Waals surface area contributed by atoms with E-state index >= 15 is 0 Å². The Kier molecular flexibility index (Phi) is 3.63. The highest BCUT2D eigenvalue weighted by Gasteiger charge is 2.19. The van der Waals surface area contributed by atoms with Gasteiger partial charge in [-0.25, -0.2) is 4.79 Å². The molecule has 0 aliphatic rings. The van der Waals surface area contributed by atoms with Crippen LogP contribution in [0.4, 0.5) is 4.39 Å². The number of hydrogen-bond donors (Lipinski definition) is 0. The Hall–Kier alpha value is -1.16. The number of hydrogen-bond acceptors (Lipinski definition) is 3. The van der Waals surface area contributed by atoms with E-state index in [-0.39, 0.29) is 0 Å². The van der Waals surface area contributed by atoms with Gasteiger partial charge >= 0.3 is 5.97 Å². The zero-order valence-corrected chi connectivity index (χ0v) is 9.73. The van der Waals surface area contributed by atoms with Crippen LogP contribution in [-0.2, 0) is 9.53 Å². The molecule has 1 aromatic rings. The summed E-state index contributed by atoms with van der Waals surface area (Å²) in [6.07, 6.45) is 1.18. The molecular weight excluding hydrogens is 215 g/mol. The van der Waals surface area contributed by atoms with Crippen LogP contribution in [0.1, 0.15) is 25.6 Å². The second-order valence-electron chi connectivity index (χ2n) is 4.01. The monoisotopic (exact) mass is 228 g/mol. The Labute approximate surface area is 92.4 Å². The Balaban J connectivity index is 2.69. The number of ether oxygens (including phenoxy) is 1. The van der Waals surface area contributed by atoms with Gasteiger partial charge in [0.25, 0.3) is 0 Å². The normalized spacial score (nSPS) is 12.7. The topological polar surface area (TPSA) is 26.3 Å². The minimum Gasteiger partial charge on any atom is -0.455 e. The first-order valence-corrected chi connectivity index (χ1v) is 5.40. The SMILES string of the molecule is CC(C)(C)OC(=O)/C(F)=C/c1cccs1. The summed E-state index contributed by atoms with van der Waals surface area (Å²) in [5.41, 5.74) is -0.669. The van der Waals surface area contributed by atoms with E-state index in [2.05, 4.69) is 0 Å². The van der Waals surface area contributed by atoms with Gasteiger partial charge in [-0.05, 0) is 38.3 Å². The largest absolute Gasteiger partial charge is 0.455 e. The van der Waals surface area contributed by atoms with Crippen LogP contribution in [0.15, 0.2) is 23.3 Å². The summed E-state index contributed by atoms with van der Waals surface area (Å²) in [6.45, 7) is 5.09. The molecular formula is C11H13FO2S. The summed E-state index contributed by atoms with van der Waals surface area (Å²) in [4.78, 5) is 11.9. The molecule has 0 atom stereocenters. The first-order valence-electron chi connectivity index (χ1n) is 4.52. The van der Waals surface area contributed by atoms with Crippen molar-refractivity contribution >= 4 is 23.4 Å². The smallest absolute Gasteiger partial charge is 0.367 e. The van der Waals surface area contributed by atoms with E-state index in [0.717, 1.165) is 0 Å². The molecule has 1 rings (SSSR count).